The largest absolute Gasteiger partial charge is 0.286 e. The fraction of sp³-hybridized carbons (Fsp3) is 0.444. The highest BCUT2D eigenvalue weighted by molar-refractivity contribution is 9.09. The molecule has 0 radical (unpaired) electrons. The van der Waals surface area contributed by atoms with Gasteiger partial charge in [-0.3, -0.25) is 4.55 Å². The zero-order valence-corrected chi connectivity index (χ0v) is 10.5. The van der Waals surface area contributed by atoms with Crippen LogP contribution in [-0.4, -0.2) is 24.1 Å². The van der Waals surface area contributed by atoms with Crippen LogP contribution in [0, 0.1) is 0 Å². The highest BCUT2D eigenvalue weighted by Crippen LogP contribution is 1.99. The standard InChI is InChI=1S/C9H12BrNO3S/c10-4-7-11-5-1-9(2-6-11)3-8-15(12,13)14/h1-2,5-6H,3-4,7-8H2/p+1. The van der Waals surface area contributed by atoms with Gasteiger partial charge in [0, 0.05) is 12.1 Å². The molecule has 15 heavy (non-hydrogen) atoms. The van der Waals surface area contributed by atoms with Crippen LogP contribution >= 0.6 is 15.9 Å². The van der Waals surface area contributed by atoms with Crippen molar-refractivity contribution in [2.24, 2.45) is 0 Å². The minimum Gasteiger partial charge on any atom is -0.286 e. The van der Waals surface area contributed by atoms with Crippen LogP contribution in [0.4, 0.5) is 0 Å². The maximum Gasteiger partial charge on any atom is 0.265 e. The molecule has 0 saturated carbocycles. The van der Waals surface area contributed by atoms with Crippen LogP contribution in [0.25, 0.3) is 0 Å². The van der Waals surface area contributed by atoms with Crippen molar-refractivity contribution in [3.8, 4) is 0 Å². The van der Waals surface area contributed by atoms with E-state index in [0.29, 0.717) is 6.42 Å². The summed E-state index contributed by atoms with van der Waals surface area (Å²) < 4.78 is 31.6. The molecule has 1 N–H and O–H groups in total. The maximum atomic E-state index is 10.5. The summed E-state index contributed by atoms with van der Waals surface area (Å²) in [5.74, 6) is -0.227. The summed E-state index contributed by atoms with van der Waals surface area (Å²) >= 11 is 3.33. The molecule has 6 heteroatoms. The fourth-order valence-electron chi connectivity index (χ4n) is 1.15. The molecule has 0 fully saturated rings. The number of hydrogen-bond donors (Lipinski definition) is 1. The lowest BCUT2D eigenvalue weighted by atomic mass is 10.2. The lowest BCUT2D eigenvalue weighted by Crippen LogP contribution is -2.33. The SMILES string of the molecule is O=S(=O)(O)CCc1cc[n+](CCBr)cc1. The van der Waals surface area contributed by atoms with Crippen LogP contribution in [0.15, 0.2) is 24.5 Å². The molecule has 0 aromatic carbocycles. The second-order valence-corrected chi connectivity index (χ2v) is 5.53. The lowest BCUT2D eigenvalue weighted by Gasteiger charge is -1.98. The minimum atomic E-state index is -3.86. The van der Waals surface area contributed by atoms with Crippen molar-refractivity contribution < 1.29 is 17.5 Å². The quantitative estimate of drug-likeness (QED) is 0.496. The average Bonchev–Trinajstić information content (AvgIpc) is 2.16. The molecule has 0 aliphatic heterocycles. The fourth-order valence-corrected chi connectivity index (χ4v) is 2.05. The first-order valence-corrected chi connectivity index (χ1v) is 7.23. The van der Waals surface area contributed by atoms with E-state index in [9.17, 15) is 8.42 Å². The molecule has 0 saturated heterocycles. The number of alkyl halides is 1. The van der Waals surface area contributed by atoms with Crippen LogP contribution in [0.2, 0.25) is 0 Å². The van der Waals surface area contributed by atoms with Gasteiger partial charge in [0.05, 0.1) is 11.1 Å². The van der Waals surface area contributed by atoms with Gasteiger partial charge in [-0.05, 0) is 12.0 Å². The summed E-state index contributed by atoms with van der Waals surface area (Å²) in [6.45, 7) is 0.874. The number of hydrogen-bond acceptors (Lipinski definition) is 2. The van der Waals surface area contributed by atoms with E-state index in [1.54, 1.807) is 0 Å². The highest BCUT2D eigenvalue weighted by atomic mass is 79.9. The number of aryl methyl sites for hydroxylation is 2. The Balaban J connectivity index is 2.57. The van der Waals surface area contributed by atoms with Crippen molar-refractivity contribution in [2.45, 2.75) is 13.0 Å². The third-order valence-corrected chi connectivity index (χ3v) is 3.03. The van der Waals surface area contributed by atoms with Gasteiger partial charge in [-0.25, -0.2) is 4.57 Å². The molecule has 0 aliphatic carbocycles. The molecule has 0 spiro atoms. The molecule has 4 nitrogen and oxygen atoms in total. The zero-order valence-electron chi connectivity index (χ0n) is 8.13. The van der Waals surface area contributed by atoms with Crippen molar-refractivity contribution in [3.63, 3.8) is 0 Å². The third kappa shape index (κ3) is 5.25. The maximum absolute atomic E-state index is 10.5. The summed E-state index contributed by atoms with van der Waals surface area (Å²) in [5.41, 5.74) is 0.901. The Bertz CT molecular complexity index is 402. The Morgan fingerprint density at radius 2 is 1.93 bits per heavy atom. The summed E-state index contributed by atoms with van der Waals surface area (Å²) in [5, 5.41) is 0.877. The molecular formula is C9H13BrNO3S+. The van der Waals surface area contributed by atoms with Gasteiger partial charge in [0.25, 0.3) is 10.1 Å². The normalized spacial score (nSPS) is 11.6. The number of pyridine rings is 1. The molecular weight excluding hydrogens is 282 g/mol. The molecule has 0 aliphatic rings. The molecule has 1 rings (SSSR count). The van der Waals surface area contributed by atoms with E-state index in [-0.39, 0.29) is 5.75 Å². The van der Waals surface area contributed by atoms with Gasteiger partial charge >= 0.3 is 0 Å². The molecule has 0 bridgehead atoms. The molecule has 0 atom stereocenters. The molecule has 1 aromatic rings. The van der Waals surface area contributed by atoms with Gasteiger partial charge < -0.3 is 0 Å². The van der Waals surface area contributed by atoms with Gasteiger partial charge in [-0.15, -0.1) is 0 Å². The van der Waals surface area contributed by atoms with Crippen molar-refractivity contribution in [3.05, 3.63) is 30.1 Å². The first-order valence-electron chi connectivity index (χ1n) is 4.50. The Labute approximate surface area is 97.8 Å². The number of rotatable bonds is 5. The van der Waals surface area contributed by atoms with Crippen molar-refractivity contribution in [1.82, 2.24) is 0 Å². The summed E-state index contributed by atoms with van der Waals surface area (Å²) in [7, 11) is -3.86. The lowest BCUT2D eigenvalue weighted by molar-refractivity contribution is -0.692. The molecule has 1 aromatic heterocycles. The Morgan fingerprint density at radius 3 is 2.40 bits per heavy atom. The van der Waals surface area contributed by atoms with E-state index in [1.807, 2.05) is 29.1 Å². The molecule has 1 heterocycles. The third-order valence-electron chi connectivity index (χ3n) is 1.95. The van der Waals surface area contributed by atoms with E-state index in [4.69, 9.17) is 4.55 Å². The number of nitrogens with zero attached hydrogens (tertiary/aromatic N) is 1. The number of aromatic nitrogens is 1. The van der Waals surface area contributed by atoms with Gasteiger partial charge in [0.1, 0.15) is 0 Å². The smallest absolute Gasteiger partial charge is 0.265 e. The predicted molar refractivity (Wildman–Crippen MR) is 60.6 cm³/mol. The van der Waals surface area contributed by atoms with Crippen molar-refractivity contribution in [2.75, 3.05) is 11.1 Å². The monoisotopic (exact) mass is 294 g/mol. The summed E-state index contributed by atoms with van der Waals surface area (Å²) in [6, 6.07) is 3.71. The second kappa shape index (κ2) is 5.58. The summed E-state index contributed by atoms with van der Waals surface area (Å²) in [6.07, 6.45) is 4.12. The molecule has 0 unspecified atom stereocenters. The second-order valence-electron chi connectivity index (χ2n) is 3.17. The minimum absolute atomic E-state index is 0.227. The Kier molecular flexibility index (Phi) is 4.69. The first-order chi connectivity index (χ1) is 7.01. The Morgan fingerprint density at radius 1 is 1.33 bits per heavy atom. The van der Waals surface area contributed by atoms with Gasteiger partial charge in [0.2, 0.25) is 0 Å². The van der Waals surface area contributed by atoms with Crippen LogP contribution in [0.3, 0.4) is 0 Å². The van der Waals surface area contributed by atoms with Gasteiger partial charge in [-0.2, -0.15) is 8.42 Å². The highest BCUT2D eigenvalue weighted by Gasteiger charge is 2.06. The van der Waals surface area contributed by atoms with Crippen molar-refractivity contribution in [1.29, 1.82) is 0 Å². The topological polar surface area (TPSA) is 58.3 Å². The van der Waals surface area contributed by atoms with E-state index in [0.717, 1.165) is 17.4 Å². The van der Waals surface area contributed by atoms with Crippen LogP contribution in [-0.2, 0) is 23.1 Å². The van der Waals surface area contributed by atoms with Gasteiger partial charge in [-0.1, -0.05) is 15.9 Å². The van der Waals surface area contributed by atoms with Crippen LogP contribution in [0.1, 0.15) is 5.56 Å². The van der Waals surface area contributed by atoms with E-state index >= 15 is 0 Å². The summed E-state index contributed by atoms with van der Waals surface area (Å²) in [4.78, 5) is 0. The predicted octanol–water partition coefficient (Wildman–Crippen LogP) is 0.799. The van der Waals surface area contributed by atoms with Crippen LogP contribution in [0.5, 0.6) is 0 Å². The first kappa shape index (κ1) is 12.6. The van der Waals surface area contributed by atoms with E-state index < -0.39 is 10.1 Å². The average molecular weight is 295 g/mol. The van der Waals surface area contributed by atoms with Crippen molar-refractivity contribution >= 4 is 26.0 Å². The van der Waals surface area contributed by atoms with Crippen LogP contribution < -0.4 is 4.57 Å². The number of halogens is 1. The van der Waals surface area contributed by atoms with E-state index in [2.05, 4.69) is 15.9 Å². The zero-order chi connectivity index (χ0) is 11.3. The van der Waals surface area contributed by atoms with Gasteiger partial charge in [0.15, 0.2) is 18.9 Å². The molecule has 84 valence electrons. The Hall–Kier alpha value is -0.460. The molecule has 0 amide bonds. The van der Waals surface area contributed by atoms with E-state index in [1.165, 1.54) is 0 Å².